The minimum atomic E-state index is -0.216. The number of methoxy groups -OCH3 is 2. The van der Waals surface area contributed by atoms with Crippen molar-refractivity contribution in [1.29, 1.82) is 0 Å². The molecule has 1 N–H and O–H groups in total. The largest absolute Gasteiger partial charge is 0.497 e. The average Bonchev–Trinajstić information content (AvgIpc) is 3.03. The second kappa shape index (κ2) is 7.33. The smallest absolute Gasteiger partial charge is 0.251 e. The highest BCUT2D eigenvalue weighted by molar-refractivity contribution is 5.95. The second-order valence-electron chi connectivity index (χ2n) is 6.37. The number of nitrogens with zero attached hydrogens (tertiary/aromatic N) is 2. The Labute approximate surface area is 141 Å². The van der Waals surface area contributed by atoms with E-state index in [-0.39, 0.29) is 11.3 Å². The number of hydrogen-bond donors (Lipinski definition) is 1. The first-order valence-corrected chi connectivity index (χ1v) is 7.68. The lowest BCUT2D eigenvalue weighted by molar-refractivity contribution is 0.0953. The van der Waals surface area contributed by atoms with Gasteiger partial charge in [-0.1, -0.05) is 25.9 Å². The topological polar surface area (TPSA) is 86.5 Å². The monoisotopic (exact) mass is 333 g/mol. The van der Waals surface area contributed by atoms with Crippen LogP contribution in [0.4, 0.5) is 0 Å². The number of rotatable bonds is 6. The molecule has 0 spiro atoms. The van der Waals surface area contributed by atoms with Gasteiger partial charge < -0.3 is 19.3 Å². The van der Waals surface area contributed by atoms with Crippen LogP contribution in [0.25, 0.3) is 0 Å². The highest BCUT2D eigenvalue weighted by atomic mass is 16.5. The number of hydrogen-bond acceptors (Lipinski definition) is 6. The average molecular weight is 333 g/mol. The maximum atomic E-state index is 12.2. The van der Waals surface area contributed by atoms with Crippen molar-refractivity contribution in [2.75, 3.05) is 20.8 Å². The van der Waals surface area contributed by atoms with E-state index in [1.165, 1.54) is 0 Å². The fourth-order valence-electron chi connectivity index (χ4n) is 1.99. The molecule has 7 heteroatoms. The van der Waals surface area contributed by atoms with E-state index in [9.17, 15) is 4.79 Å². The molecule has 130 valence electrons. The Morgan fingerprint density at radius 1 is 1.17 bits per heavy atom. The fraction of sp³-hybridized carbons (Fsp3) is 0.471. The normalized spacial score (nSPS) is 11.2. The Morgan fingerprint density at radius 3 is 2.29 bits per heavy atom. The van der Waals surface area contributed by atoms with Gasteiger partial charge in [0.25, 0.3) is 5.91 Å². The van der Waals surface area contributed by atoms with Crippen LogP contribution in [0.3, 0.4) is 0 Å². The van der Waals surface area contributed by atoms with Gasteiger partial charge in [-0.05, 0) is 12.1 Å². The molecule has 0 fully saturated rings. The van der Waals surface area contributed by atoms with Crippen molar-refractivity contribution in [2.45, 2.75) is 32.6 Å². The number of carbonyl (C=O) groups is 1. The van der Waals surface area contributed by atoms with Crippen LogP contribution in [-0.4, -0.2) is 36.8 Å². The predicted molar refractivity (Wildman–Crippen MR) is 88.6 cm³/mol. The van der Waals surface area contributed by atoms with Gasteiger partial charge in [0, 0.05) is 30.0 Å². The van der Waals surface area contributed by atoms with Crippen molar-refractivity contribution in [3.05, 3.63) is 35.5 Å². The lowest BCUT2D eigenvalue weighted by Crippen LogP contribution is -2.26. The maximum Gasteiger partial charge on any atom is 0.251 e. The third-order valence-electron chi connectivity index (χ3n) is 3.36. The molecule has 0 aliphatic rings. The number of nitrogens with one attached hydrogen (secondary N) is 1. The zero-order valence-electron chi connectivity index (χ0n) is 14.7. The van der Waals surface area contributed by atoms with Gasteiger partial charge in [-0.15, -0.1) is 0 Å². The minimum absolute atomic E-state index is 0.189. The molecule has 1 aromatic carbocycles. The summed E-state index contributed by atoms with van der Waals surface area (Å²) in [7, 11) is 3.08. The van der Waals surface area contributed by atoms with Gasteiger partial charge in [0.1, 0.15) is 11.5 Å². The van der Waals surface area contributed by atoms with E-state index >= 15 is 0 Å². The molecular formula is C17H23N3O4. The van der Waals surface area contributed by atoms with Gasteiger partial charge in [-0.25, -0.2) is 0 Å². The maximum absolute atomic E-state index is 12.2. The molecule has 0 saturated carbocycles. The first kappa shape index (κ1) is 17.8. The molecule has 2 aromatic rings. The van der Waals surface area contributed by atoms with E-state index in [0.29, 0.717) is 41.7 Å². The summed E-state index contributed by atoms with van der Waals surface area (Å²) >= 11 is 0. The summed E-state index contributed by atoms with van der Waals surface area (Å²) in [6, 6.07) is 5.03. The fourth-order valence-corrected chi connectivity index (χ4v) is 1.99. The summed E-state index contributed by atoms with van der Waals surface area (Å²) in [4.78, 5) is 16.6. The van der Waals surface area contributed by atoms with E-state index in [2.05, 4.69) is 15.5 Å². The lowest BCUT2D eigenvalue weighted by atomic mass is 9.97. The molecule has 24 heavy (non-hydrogen) atoms. The molecule has 0 aliphatic heterocycles. The molecule has 7 nitrogen and oxygen atoms in total. The van der Waals surface area contributed by atoms with Gasteiger partial charge in [-0.2, -0.15) is 4.98 Å². The molecular weight excluding hydrogens is 310 g/mol. The van der Waals surface area contributed by atoms with Crippen molar-refractivity contribution in [1.82, 2.24) is 15.5 Å². The summed E-state index contributed by atoms with van der Waals surface area (Å²) in [5, 5.41) is 6.76. The SMILES string of the molecule is COc1cc(OC)cc(C(=O)NCCc2noc(C(C)(C)C)n2)c1. The molecule has 0 bridgehead atoms. The number of ether oxygens (including phenoxy) is 2. The Morgan fingerprint density at radius 2 is 1.79 bits per heavy atom. The third kappa shape index (κ3) is 4.47. The standard InChI is InChI=1S/C17H23N3O4/c1-17(2,3)16-19-14(20-24-16)6-7-18-15(21)11-8-12(22-4)10-13(9-11)23-5/h8-10H,6-7H2,1-5H3,(H,18,21). The second-order valence-corrected chi connectivity index (χ2v) is 6.37. The Bertz CT molecular complexity index is 682. The van der Waals surface area contributed by atoms with E-state index in [1.807, 2.05) is 20.8 Å². The predicted octanol–water partition coefficient (Wildman–Crippen LogP) is 2.36. The summed E-state index contributed by atoms with van der Waals surface area (Å²) < 4.78 is 15.6. The first-order valence-electron chi connectivity index (χ1n) is 7.68. The van der Waals surface area contributed by atoms with Crippen molar-refractivity contribution in [3.8, 4) is 11.5 Å². The van der Waals surface area contributed by atoms with Gasteiger partial charge in [-0.3, -0.25) is 4.79 Å². The zero-order valence-corrected chi connectivity index (χ0v) is 14.7. The molecule has 0 unspecified atom stereocenters. The molecule has 0 saturated heterocycles. The lowest BCUT2D eigenvalue weighted by Gasteiger charge is -2.10. The van der Waals surface area contributed by atoms with Crippen LogP contribution in [-0.2, 0) is 11.8 Å². The quantitative estimate of drug-likeness (QED) is 0.873. The highest BCUT2D eigenvalue weighted by Crippen LogP contribution is 2.22. The van der Waals surface area contributed by atoms with Crippen LogP contribution in [0.2, 0.25) is 0 Å². The number of amides is 1. The Kier molecular flexibility index (Phi) is 5.43. The van der Waals surface area contributed by atoms with Gasteiger partial charge in [0.2, 0.25) is 5.89 Å². The number of carbonyl (C=O) groups excluding carboxylic acids is 1. The molecule has 1 amide bonds. The van der Waals surface area contributed by atoms with Crippen LogP contribution >= 0.6 is 0 Å². The summed E-state index contributed by atoms with van der Waals surface area (Å²) in [5.41, 5.74) is 0.278. The van der Waals surface area contributed by atoms with Gasteiger partial charge >= 0.3 is 0 Å². The zero-order chi connectivity index (χ0) is 17.7. The van der Waals surface area contributed by atoms with Crippen molar-refractivity contribution < 1.29 is 18.8 Å². The van der Waals surface area contributed by atoms with E-state index < -0.39 is 0 Å². The third-order valence-corrected chi connectivity index (χ3v) is 3.36. The molecule has 0 radical (unpaired) electrons. The van der Waals surface area contributed by atoms with Crippen LogP contribution < -0.4 is 14.8 Å². The van der Waals surface area contributed by atoms with E-state index in [4.69, 9.17) is 14.0 Å². The first-order chi connectivity index (χ1) is 11.3. The van der Waals surface area contributed by atoms with Crippen LogP contribution in [0.5, 0.6) is 11.5 Å². The Balaban J connectivity index is 1.95. The van der Waals surface area contributed by atoms with Gasteiger partial charge in [0.15, 0.2) is 5.82 Å². The van der Waals surface area contributed by atoms with E-state index in [0.717, 1.165) is 0 Å². The molecule has 2 rings (SSSR count). The highest BCUT2D eigenvalue weighted by Gasteiger charge is 2.21. The van der Waals surface area contributed by atoms with Crippen molar-refractivity contribution in [2.24, 2.45) is 0 Å². The van der Waals surface area contributed by atoms with Crippen LogP contribution in [0, 0.1) is 0 Å². The van der Waals surface area contributed by atoms with Crippen LogP contribution in [0.1, 0.15) is 42.8 Å². The molecule has 0 aliphatic carbocycles. The van der Waals surface area contributed by atoms with Gasteiger partial charge in [0.05, 0.1) is 14.2 Å². The molecule has 0 atom stereocenters. The van der Waals surface area contributed by atoms with E-state index in [1.54, 1.807) is 32.4 Å². The summed E-state index contributed by atoms with van der Waals surface area (Å²) in [6.45, 7) is 6.41. The van der Waals surface area contributed by atoms with Crippen molar-refractivity contribution >= 4 is 5.91 Å². The number of benzene rings is 1. The Hall–Kier alpha value is -2.57. The van der Waals surface area contributed by atoms with Crippen molar-refractivity contribution in [3.63, 3.8) is 0 Å². The molecule has 1 heterocycles. The molecule has 1 aromatic heterocycles. The number of aromatic nitrogens is 2. The van der Waals surface area contributed by atoms with Crippen LogP contribution in [0.15, 0.2) is 22.7 Å². The summed E-state index contributed by atoms with van der Waals surface area (Å²) in [6.07, 6.45) is 0.492. The summed E-state index contributed by atoms with van der Waals surface area (Å²) in [5.74, 6) is 2.07. The minimum Gasteiger partial charge on any atom is -0.497 e.